The van der Waals surface area contributed by atoms with E-state index in [0.29, 0.717) is 39.5 Å². The van der Waals surface area contributed by atoms with E-state index in [4.69, 9.17) is 32.5 Å². The van der Waals surface area contributed by atoms with E-state index in [1.807, 2.05) is 19.1 Å². The molecule has 0 fully saturated rings. The first kappa shape index (κ1) is 20.2. The normalized spacial score (nSPS) is 11.9. The van der Waals surface area contributed by atoms with Gasteiger partial charge >= 0.3 is 0 Å². The Hall–Kier alpha value is -2.57. The lowest BCUT2D eigenvalue weighted by atomic mass is 10.2. The molecule has 0 aliphatic rings. The lowest BCUT2D eigenvalue weighted by Crippen LogP contribution is -2.39. The van der Waals surface area contributed by atoms with Gasteiger partial charge in [-0.25, -0.2) is 0 Å². The zero-order chi connectivity index (χ0) is 20.1. The first-order valence-electron chi connectivity index (χ1n) is 8.73. The van der Waals surface area contributed by atoms with Crippen LogP contribution in [0, 0.1) is 0 Å². The van der Waals surface area contributed by atoms with Gasteiger partial charge in [0, 0.05) is 12.6 Å². The van der Waals surface area contributed by atoms with Crippen LogP contribution >= 0.6 is 23.2 Å². The molecule has 8 heteroatoms. The van der Waals surface area contributed by atoms with Crippen molar-refractivity contribution in [1.29, 1.82) is 0 Å². The molecule has 146 valence electrons. The van der Waals surface area contributed by atoms with Crippen molar-refractivity contribution >= 4 is 29.1 Å². The minimum atomic E-state index is -0.671. The number of nitrogens with zero attached hydrogens (tertiary/aromatic N) is 3. The maximum atomic E-state index is 12.8. The number of likely N-dealkylation sites (N-methyl/N-ethyl adjacent to an activating group) is 1. The summed E-state index contributed by atoms with van der Waals surface area (Å²) in [5.74, 6) is 0.940. The monoisotopic (exact) mass is 419 g/mol. The maximum absolute atomic E-state index is 12.8. The van der Waals surface area contributed by atoms with Crippen molar-refractivity contribution in [3.63, 3.8) is 0 Å². The summed E-state index contributed by atoms with van der Waals surface area (Å²) >= 11 is 12.3. The van der Waals surface area contributed by atoms with Crippen LogP contribution in [0.15, 0.2) is 53.1 Å². The van der Waals surface area contributed by atoms with Crippen LogP contribution in [0.3, 0.4) is 0 Å². The number of carbonyl (C=O) groups excluding carboxylic acids is 1. The molecular formula is C20H19Cl2N3O3. The summed E-state index contributed by atoms with van der Waals surface area (Å²) < 4.78 is 11.1. The van der Waals surface area contributed by atoms with E-state index in [1.165, 1.54) is 4.90 Å². The van der Waals surface area contributed by atoms with Crippen molar-refractivity contribution in [3.8, 4) is 17.1 Å². The van der Waals surface area contributed by atoms with Crippen LogP contribution in [0.2, 0.25) is 10.0 Å². The van der Waals surface area contributed by atoms with Crippen molar-refractivity contribution in [2.75, 3.05) is 7.05 Å². The highest BCUT2D eigenvalue weighted by Crippen LogP contribution is 2.26. The molecule has 2 aromatic carbocycles. The minimum Gasteiger partial charge on any atom is -0.479 e. The molecule has 1 amide bonds. The van der Waals surface area contributed by atoms with Crippen LogP contribution in [0.5, 0.6) is 5.75 Å². The highest BCUT2D eigenvalue weighted by Gasteiger charge is 2.24. The lowest BCUT2D eigenvalue weighted by molar-refractivity contribution is -0.138. The molecule has 0 saturated heterocycles. The summed E-state index contributed by atoms with van der Waals surface area (Å²) in [6, 6.07) is 14.3. The third-order valence-corrected chi connectivity index (χ3v) is 4.73. The highest BCUT2D eigenvalue weighted by molar-refractivity contribution is 6.33. The van der Waals surface area contributed by atoms with Crippen LogP contribution < -0.4 is 4.74 Å². The quantitative estimate of drug-likeness (QED) is 0.546. The van der Waals surface area contributed by atoms with Crippen molar-refractivity contribution in [1.82, 2.24) is 15.0 Å². The molecule has 0 aliphatic heterocycles. The summed E-state index contributed by atoms with van der Waals surface area (Å²) in [5.41, 5.74) is 0.668. The molecule has 1 heterocycles. The van der Waals surface area contributed by atoms with Gasteiger partial charge in [-0.05, 0) is 30.7 Å². The van der Waals surface area contributed by atoms with Gasteiger partial charge in [-0.2, -0.15) is 4.98 Å². The van der Waals surface area contributed by atoms with Gasteiger partial charge in [0.05, 0.1) is 16.6 Å². The number of aromatic nitrogens is 2. The van der Waals surface area contributed by atoms with Crippen molar-refractivity contribution in [3.05, 3.63) is 64.5 Å². The van der Waals surface area contributed by atoms with Crippen molar-refractivity contribution < 1.29 is 14.1 Å². The van der Waals surface area contributed by atoms with Gasteiger partial charge in [0.15, 0.2) is 6.10 Å². The summed E-state index contributed by atoms with van der Waals surface area (Å²) in [5, 5.41) is 4.93. The summed E-state index contributed by atoms with van der Waals surface area (Å²) in [6.45, 7) is 2.02. The Labute approximate surface area is 173 Å². The Morgan fingerprint density at radius 3 is 2.50 bits per heavy atom. The molecule has 0 N–H and O–H groups in total. The third-order valence-electron chi connectivity index (χ3n) is 4.08. The number of hydrogen-bond donors (Lipinski definition) is 0. The van der Waals surface area contributed by atoms with E-state index >= 15 is 0 Å². The number of amides is 1. The van der Waals surface area contributed by atoms with Gasteiger partial charge in [-0.3, -0.25) is 4.79 Å². The maximum Gasteiger partial charge on any atom is 0.263 e. The Balaban J connectivity index is 1.68. The van der Waals surface area contributed by atoms with E-state index < -0.39 is 6.10 Å². The first-order chi connectivity index (χ1) is 13.5. The second-order valence-electron chi connectivity index (χ2n) is 6.13. The molecule has 3 rings (SSSR count). The smallest absolute Gasteiger partial charge is 0.263 e. The fourth-order valence-electron chi connectivity index (χ4n) is 2.60. The molecular weight excluding hydrogens is 401 g/mol. The molecule has 0 spiro atoms. The Morgan fingerprint density at radius 2 is 1.82 bits per heavy atom. The molecule has 1 atom stereocenters. The van der Waals surface area contributed by atoms with E-state index in [1.54, 1.807) is 43.4 Å². The van der Waals surface area contributed by atoms with Crippen LogP contribution in [-0.4, -0.2) is 34.1 Å². The molecule has 0 radical (unpaired) electrons. The van der Waals surface area contributed by atoms with Gasteiger partial charge in [0.25, 0.3) is 5.91 Å². The van der Waals surface area contributed by atoms with Crippen molar-refractivity contribution in [2.45, 2.75) is 26.0 Å². The molecule has 0 saturated carbocycles. The Bertz CT molecular complexity index is 961. The van der Waals surface area contributed by atoms with Crippen LogP contribution in [0.25, 0.3) is 11.4 Å². The number of ether oxygens (including phenoxy) is 1. The summed E-state index contributed by atoms with van der Waals surface area (Å²) in [7, 11) is 1.65. The zero-order valence-electron chi connectivity index (χ0n) is 15.4. The zero-order valence-corrected chi connectivity index (χ0v) is 16.9. The number of hydrogen-bond acceptors (Lipinski definition) is 5. The average Bonchev–Trinajstić information content (AvgIpc) is 3.15. The van der Waals surface area contributed by atoms with Crippen molar-refractivity contribution in [2.24, 2.45) is 0 Å². The predicted molar refractivity (Wildman–Crippen MR) is 107 cm³/mol. The second kappa shape index (κ2) is 9.08. The topological polar surface area (TPSA) is 68.5 Å². The third kappa shape index (κ3) is 4.64. The number of rotatable bonds is 7. The van der Waals surface area contributed by atoms with Gasteiger partial charge < -0.3 is 14.2 Å². The average molecular weight is 420 g/mol. The SMILES string of the molecule is CC[C@H](Oc1ccccc1Cl)C(=O)N(C)Cc1nc(-c2ccccc2Cl)no1. The number of carbonyl (C=O) groups is 1. The fraction of sp³-hybridized carbons (Fsp3) is 0.250. The predicted octanol–water partition coefficient (Wildman–Crippen LogP) is 4.86. The molecule has 0 unspecified atom stereocenters. The summed E-state index contributed by atoms with van der Waals surface area (Å²) in [4.78, 5) is 18.6. The molecule has 0 aliphatic carbocycles. The molecule has 1 aromatic heterocycles. The first-order valence-corrected chi connectivity index (χ1v) is 9.48. The van der Waals surface area contributed by atoms with Crippen LogP contribution in [0.1, 0.15) is 19.2 Å². The summed E-state index contributed by atoms with van der Waals surface area (Å²) in [6.07, 6.45) is -0.181. The van der Waals surface area contributed by atoms with E-state index in [9.17, 15) is 4.79 Å². The molecule has 6 nitrogen and oxygen atoms in total. The minimum absolute atomic E-state index is 0.151. The van der Waals surface area contributed by atoms with E-state index in [-0.39, 0.29) is 12.5 Å². The van der Waals surface area contributed by atoms with E-state index in [0.717, 1.165) is 0 Å². The number of para-hydroxylation sites is 1. The Morgan fingerprint density at radius 1 is 1.14 bits per heavy atom. The van der Waals surface area contributed by atoms with Gasteiger partial charge in [-0.15, -0.1) is 0 Å². The highest BCUT2D eigenvalue weighted by atomic mass is 35.5. The molecule has 3 aromatic rings. The molecule has 0 bridgehead atoms. The fourth-order valence-corrected chi connectivity index (χ4v) is 3.00. The van der Waals surface area contributed by atoms with Gasteiger partial charge in [-0.1, -0.05) is 59.5 Å². The van der Waals surface area contributed by atoms with E-state index in [2.05, 4.69) is 10.1 Å². The van der Waals surface area contributed by atoms with Gasteiger partial charge in [0.1, 0.15) is 5.75 Å². The standard InChI is InChI=1S/C20H19Cl2N3O3/c1-3-16(27-17-11-7-6-10-15(17)22)20(26)25(2)12-18-23-19(24-28-18)13-8-4-5-9-14(13)21/h4-11,16H,3,12H2,1-2H3/t16-/m0/s1. The number of halogens is 2. The number of benzene rings is 2. The largest absolute Gasteiger partial charge is 0.479 e. The lowest BCUT2D eigenvalue weighted by Gasteiger charge is -2.23. The molecule has 28 heavy (non-hydrogen) atoms. The van der Waals surface area contributed by atoms with Crippen LogP contribution in [0.4, 0.5) is 0 Å². The van der Waals surface area contributed by atoms with Gasteiger partial charge in [0.2, 0.25) is 11.7 Å². The second-order valence-corrected chi connectivity index (χ2v) is 6.95. The van der Waals surface area contributed by atoms with Crippen LogP contribution in [-0.2, 0) is 11.3 Å². The Kier molecular flexibility index (Phi) is 6.54.